The molecule has 19 heavy (non-hydrogen) atoms. The Labute approximate surface area is 111 Å². The Morgan fingerprint density at radius 3 is 2.68 bits per heavy atom. The number of ether oxygens (including phenoxy) is 1. The summed E-state index contributed by atoms with van der Waals surface area (Å²) in [5, 5.41) is 8.54. The van der Waals surface area contributed by atoms with Crippen LogP contribution in [0.5, 0.6) is 5.75 Å². The monoisotopic (exact) mass is 263 g/mol. The van der Waals surface area contributed by atoms with Crippen LogP contribution in [0, 0.1) is 0 Å². The molecule has 0 unspecified atom stereocenters. The van der Waals surface area contributed by atoms with E-state index in [1.54, 1.807) is 24.3 Å². The predicted octanol–water partition coefficient (Wildman–Crippen LogP) is 1.78. The number of likely N-dealkylation sites (tertiary alicyclic amines) is 1. The number of amides is 1. The van der Waals surface area contributed by atoms with E-state index >= 15 is 0 Å². The summed E-state index contributed by atoms with van der Waals surface area (Å²) in [6.07, 6.45) is 2.06. The van der Waals surface area contributed by atoms with E-state index in [9.17, 15) is 9.59 Å². The lowest BCUT2D eigenvalue weighted by Crippen LogP contribution is -2.27. The number of hydrogen-bond acceptors (Lipinski definition) is 3. The van der Waals surface area contributed by atoms with E-state index in [2.05, 4.69) is 0 Å². The van der Waals surface area contributed by atoms with Crippen molar-refractivity contribution in [2.45, 2.75) is 19.3 Å². The summed E-state index contributed by atoms with van der Waals surface area (Å²) in [5.41, 5.74) is 0.592. The fourth-order valence-corrected chi connectivity index (χ4v) is 2.08. The highest BCUT2D eigenvalue weighted by atomic mass is 16.5. The first-order valence-electron chi connectivity index (χ1n) is 6.41. The van der Waals surface area contributed by atoms with Gasteiger partial charge in [-0.25, -0.2) is 0 Å². The van der Waals surface area contributed by atoms with Crippen molar-refractivity contribution in [1.82, 2.24) is 4.90 Å². The van der Waals surface area contributed by atoms with Crippen molar-refractivity contribution in [3.8, 4) is 5.75 Å². The number of aliphatic carboxylic acids is 1. The van der Waals surface area contributed by atoms with Crippen molar-refractivity contribution < 1.29 is 19.4 Å². The van der Waals surface area contributed by atoms with Crippen LogP contribution in [0.3, 0.4) is 0 Å². The molecule has 1 saturated heterocycles. The minimum Gasteiger partial charge on any atom is -0.493 e. The largest absolute Gasteiger partial charge is 0.493 e. The maximum absolute atomic E-state index is 12.2. The highest BCUT2D eigenvalue weighted by Gasteiger charge is 2.19. The molecule has 5 heteroatoms. The number of benzene rings is 1. The molecule has 1 aromatic carbocycles. The van der Waals surface area contributed by atoms with Crippen molar-refractivity contribution in [3.63, 3.8) is 0 Å². The summed E-state index contributed by atoms with van der Waals surface area (Å²) in [7, 11) is 0. The number of carbonyl (C=O) groups is 2. The van der Waals surface area contributed by atoms with Gasteiger partial charge in [0.15, 0.2) is 0 Å². The minimum absolute atomic E-state index is 0.0150. The Hall–Kier alpha value is -2.04. The molecule has 1 aliphatic rings. The quantitative estimate of drug-likeness (QED) is 0.879. The van der Waals surface area contributed by atoms with E-state index in [1.165, 1.54) is 0 Å². The smallest absolute Gasteiger partial charge is 0.306 e. The number of carbonyl (C=O) groups excluding carboxylic acids is 1. The molecule has 1 heterocycles. The molecule has 1 fully saturated rings. The Kier molecular flexibility index (Phi) is 4.39. The zero-order valence-electron chi connectivity index (χ0n) is 10.7. The molecular weight excluding hydrogens is 246 g/mol. The van der Waals surface area contributed by atoms with E-state index in [4.69, 9.17) is 9.84 Å². The number of nitrogens with zero attached hydrogens (tertiary/aromatic N) is 1. The minimum atomic E-state index is -0.899. The maximum atomic E-state index is 12.2. The molecule has 0 bridgehead atoms. The Bertz CT molecular complexity index is 466. The fraction of sp³-hybridized carbons (Fsp3) is 0.429. The zero-order valence-corrected chi connectivity index (χ0v) is 10.7. The van der Waals surface area contributed by atoms with Crippen molar-refractivity contribution in [1.29, 1.82) is 0 Å². The van der Waals surface area contributed by atoms with E-state index in [0.29, 0.717) is 11.3 Å². The highest BCUT2D eigenvalue weighted by Crippen LogP contribution is 2.17. The molecule has 0 radical (unpaired) electrons. The molecule has 0 spiro atoms. The van der Waals surface area contributed by atoms with E-state index in [-0.39, 0.29) is 18.9 Å². The third-order valence-corrected chi connectivity index (χ3v) is 3.06. The molecule has 2 rings (SSSR count). The van der Waals surface area contributed by atoms with Crippen LogP contribution >= 0.6 is 0 Å². The second-order valence-corrected chi connectivity index (χ2v) is 4.52. The molecule has 102 valence electrons. The van der Waals surface area contributed by atoms with Gasteiger partial charge in [0.1, 0.15) is 5.75 Å². The summed E-state index contributed by atoms with van der Waals surface area (Å²) in [5.74, 6) is -0.350. The fourth-order valence-electron chi connectivity index (χ4n) is 2.08. The van der Waals surface area contributed by atoms with Crippen molar-refractivity contribution in [2.75, 3.05) is 19.7 Å². The van der Waals surface area contributed by atoms with Gasteiger partial charge in [0.25, 0.3) is 5.91 Å². The number of hydrogen-bond donors (Lipinski definition) is 1. The molecule has 1 aromatic rings. The summed E-state index contributed by atoms with van der Waals surface area (Å²) < 4.78 is 5.32. The molecule has 5 nitrogen and oxygen atoms in total. The van der Waals surface area contributed by atoms with E-state index < -0.39 is 5.97 Å². The van der Waals surface area contributed by atoms with Crippen LogP contribution in [0.2, 0.25) is 0 Å². The third kappa shape index (κ3) is 3.71. The van der Waals surface area contributed by atoms with E-state index in [0.717, 1.165) is 25.9 Å². The van der Waals surface area contributed by atoms with Crippen molar-refractivity contribution in [3.05, 3.63) is 29.8 Å². The summed E-state index contributed by atoms with van der Waals surface area (Å²) in [4.78, 5) is 24.4. The standard InChI is InChI=1S/C14H17NO4/c16-13(17)6-9-19-12-5-3-4-11(10-12)14(18)15-7-1-2-8-15/h3-5,10H,1-2,6-9H2,(H,16,17). The number of carboxylic acid groups (broad SMARTS) is 1. The second kappa shape index (κ2) is 6.22. The van der Waals surface area contributed by atoms with Gasteiger partial charge in [-0.15, -0.1) is 0 Å². The summed E-state index contributed by atoms with van der Waals surface area (Å²) in [6, 6.07) is 6.90. The van der Waals surface area contributed by atoms with E-state index in [1.807, 2.05) is 4.90 Å². The molecule has 0 aromatic heterocycles. The summed E-state index contributed by atoms with van der Waals surface area (Å²) >= 11 is 0. The Morgan fingerprint density at radius 1 is 1.26 bits per heavy atom. The van der Waals surface area contributed by atoms with Crippen LogP contribution < -0.4 is 4.74 Å². The Morgan fingerprint density at radius 2 is 2.00 bits per heavy atom. The lowest BCUT2D eigenvalue weighted by atomic mass is 10.2. The lowest BCUT2D eigenvalue weighted by molar-refractivity contribution is -0.137. The van der Waals surface area contributed by atoms with Crippen LogP contribution in [0.25, 0.3) is 0 Å². The van der Waals surface area contributed by atoms with Crippen LogP contribution in [-0.4, -0.2) is 41.6 Å². The number of carboxylic acids is 1. The average Bonchev–Trinajstić information content (AvgIpc) is 2.91. The van der Waals surface area contributed by atoms with Gasteiger partial charge in [-0.3, -0.25) is 9.59 Å². The molecule has 1 aliphatic heterocycles. The third-order valence-electron chi connectivity index (χ3n) is 3.06. The zero-order chi connectivity index (χ0) is 13.7. The molecule has 0 saturated carbocycles. The second-order valence-electron chi connectivity index (χ2n) is 4.52. The average molecular weight is 263 g/mol. The maximum Gasteiger partial charge on any atom is 0.306 e. The molecule has 1 N–H and O–H groups in total. The van der Waals surface area contributed by atoms with Gasteiger partial charge in [-0.05, 0) is 31.0 Å². The first-order chi connectivity index (χ1) is 9.16. The van der Waals surface area contributed by atoms with Gasteiger partial charge < -0.3 is 14.7 Å². The topological polar surface area (TPSA) is 66.8 Å². The van der Waals surface area contributed by atoms with Crippen LogP contribution in [0.4, 0.5) is 0 Å². The van der Waals surface area contributed by atoms with Gasteiger partial charge in [0, 0.05) is 18.7 Å². The Balaban J connectivity index is 1.97. The normalized spacial score (nSPS) is 14.4. The summed E-state index contributed by atoms with van der Waals surface area (Å²) in [6.45, 7) is 1.72. The lowest BCUT2D eigenvalue weighted by Gasteiger charge is -2.15. The van der Waals surface area contributed by atoms with Crippen LogP contribution in [-0.2, 0) is 4.79 Å². The van der Waals surface area contributed by atoms with Gasteiger partial charge in [0.05, 0.1) is 13.0 Å². The SMILES string of the molecule is O=C(O)CCOc1cccc(C(=O)N2CCCC2)c1. The molecule has 1 amide bonds. The molecule has 0 aliphatic carbocycles. The van der Waals surface area contributed by atoms with Gasteiger partial charge in [-0.1, -0.05) is 6.07 Å². The first kappa shape index (κ1) is 13.4. The van der Waals surface area contributed by atoms with Gasteiger partial charge in [-0.2, -0.15) is 0 Å². The first-order valence-corrected chi connectivity index (χ1v) is 6.41. The van der Waals surface area contributed by atoms with Gasteiger partial charge >= 0.3 is 5.97 Å². The predicted molar refractivity (Wildman–Crippen MR) is 69.3 cm³/mol. The number of rotatable bonds is 5. The molecular formula is C14H17NO4. The van der Waals surface area contributed by atoms with Crippen molar-refractivity contribution in [2.24, 2.45) is 0 Å². The van der Waals surface area contributed by atoms with Crippen molar-refractivity contribution >= 4 is 11.9 Å². The highest BCUT2D eigenvalue weighted by molar-refractivity contribution is 5.94. The van der Waals surface area contributed by atoms with Crippen LogP contribution in [0.1, 0.15) is 29.6 Å². The molecule has 0 atom stereocenters. The van der Waals surface area contributed by atoms with Crippen LogP contribution in [0.15, 0.2) is 24.3 Å². The van der Waals surface area contributed by atoms with Gasteiger partial charge in [0.2, 0.25) is 0 Å².